The molecule has 0 saturated heterocycles. The van der Waals surface area contributed by atoms with Crippen molar-refractivity contribution in [3.05, 3.63) is 211 Å². The van der Waals surface area contributed by atoms with E-state index in [0.29, 0.717) is 5.95 Å². The van der Waals surface area contributed by atoms with Crippen LogP contribution < -0.4 is 0 Å². The summed E-state index contributed by atoms with van der Waals surface area (Å²) < 4.78 is 2.23. The van der Waals surface area contributed by atoms with Crippen LogP contribution in [0.1, 0.15) is 16.7 Å². The molecule has 0 unspecified atom stereocenters. The Morgan fingerprint density at radius 3 is 2.02 bits per heavy atom. The first-order chi connectivity index (χ1) is 28.7. The average molecular weight is 738 g/mol. The van der Waals surface area contributed by atoms with E-state index in [9.17, 15) is 0 Å². The second-order valence-electron chi connectivity index (χ2n) is 14.9. The van der Waals surface area contributed by atoms with E-state index in [4.69, 9.17) is 9.97 Å². The molecule has 11 rings (SSSR count). The Morgan fingerprint density at radius 2 is 1.12 bits per heavy atom. The van der Waals surface area contributed by atoms with Crippen molar-refractivity contribution in [3.63, 3.8) is 0 Å². The smallest absolute Gasteiger partial charge is 0.235 e. The molecule has 270 valence electrons. The molecule has 0 saturated carbocycles. The molecule has 0 N–H and O–H groups in total. The molecule has 2 aromatic heterocycles. The van der Waals surface area contributed by atoms with Crippen molar-refractivity contribution in [2.75, 3.05) is 0 Å². The molecule has 11 aromatic rings. The molecule has 0 aliphatic heterocycles. The highest BCUT2D eigenvalue weighted by molar-refractivity contribution is 6.21. The molecule has 3 nitrogen and oxygen atoms in total. The summed E-state index contributed by atoms with van der Waals surface area (Å²) in [5.41, 5.74) is 12.9. The lowest BCUT2D eigenvalue weighted by Crippen LogP contribution is -2.03. The van der Waals surface area contributed by atoms with E-state index in [-0.39, 0.29) is 0 Å². The van der Waals surface area contributed by atoms with Crippen LogP contribution in [-0.4, -0.2) is 14.5 Å². The Morgan fingerprint density at radius 1 is 0.431 bits per heavy atom. The van der Waals surface area contributed by atoms with Gasteiger partial charge in [0.05, 0.1) is 22.2 Å². The van der Waals surface area contributed by atoms with Crippen molar-refractivity contribution in [1.29, 1.82) is 0 Å². The molecule has 0 bridgehead atoms. The molecule has 9 aromatic carbocycles. The third kappa shape index (κ3) is 5.62. The third-order valence-corrected chi connectivity index (χ3v) is 11.4. The van der Waals surface area contributed by atoms with Gasteiger partial charge in [-0.1, -0.05) is 170 Å². The molecule has 3 heteroatoms. The minimum Gasteiger partial charge on any atom is -0.278 e. The Kier molecular flexibility index (Phi) is 7.94. The van der Waals surface area contributed by atoms with E-state index in [1.807, 2.05) is 6.07 Å². The van der Waals surface area contributed by atoms with Crippen molar-refractivity contribution in [1.82, 2.24) is 14.5 Å². The van der Waals surface area contributed by atoms with Crippen molar-refractivity contribution in [2.24, 2.45) is 0 Å². The van der Waals surface area contributed by atoms with Gasteiger partial charge in [-0.15, -0.1) is 0 Å². The fourth-order valence-corrected chi connectivity index (χ4v) is 8.58. The van der Waals surface area contributed by atoms with E-state index in [2.05, 4.69) is 211 Å². The number of benzene rings is 9. The van der Waals surface area contributed by atoms with Crippen LogP contribution in [-0.2, 0) is 0 Å². The lowest BCUT2D eigenvalue weighted by Gasteiger charge is -2.13. The highest BCUT2D eigenvalue weighted by Gasteiger charge is 2.19. The zero-order chi connectivity index (χ0) is 38.6. The van der Waals surface area contributed by atoms with E-state index in [1.54, 1.807) is 0 Å². The van der Waals surface area contributed by atoms with Crippen LogP contribution in [0.25, 0.3) is 93.7 Å². The number of aromatic nitrogens is 3. The van der Waals surface area contributed by atoms with Gasteiger partial charge in [0.25, 0.3) is 0 Å². The first-order valence-electron chi connectivity index (χ1n) is 19.7. The Bertz CT molecular complexity index is 3470. The zero-order valence-electron chi connectivity index (χ0n) is 31.8. The summed E-state index contributed by atoms with van der Waals surface area (Å²) in [7, 11) is 0. The molecule has 0 aliphatic rings. The fourth-order valence-electron chi connectivity index (χ4n) is 8.58. The fraction of sp³-hybridized carbons (Fsp3) is 0.0182. The number of hydrogen-bond acceptors (Lipinski definition) is 2. The molecule has 0 fully saturated rings. The van der Waals surface area contributed by atoms with Crippen molar-refractivity contribution < 1.29 is 0 Å². The van der Waals surface area contributed by atoms with E-state index in [1.165, 1.54) is 22.1 Å². The average Bonchev–Trinajstić information content (AvgIpc) is 3.63. The van der Waals surface area contributed by atoms with Crippen LogP contribution in [0.5, 0.6) is 0 Å². The minimum absolute atomic E-state index is 0.639. The SMILES string of the molecule is Cc1ccccc1-c1ccc2ccccc2c1C#Cc1ccc2ccc3c(c2c1)c1ccccc1n3-c1nc(-c2cccc(-c3ccccc3)c2)c2ccccc2n1. The molecule has 0 spiro atoms. The number of para-hydroxylation sites is 2. The summed E-state index contributed by atoms with van der Waals surface area (Å²) in [4.78, 5) is 10.6. The molecular formula is C55H35N3. The maximum atomic E-state index is 5.40. The van der Waals surface area contributed by atoms with Crippen LogP contribution in [0.3, 0.4) is 0 Å². The predicted octanol–water partition coefficient (Wildman–Crippen LogP) is 13.7. The maximum absolute atomic E-state index is 5.40. The highest BCUT2D eigenvalue weighted by atomic mass is 15.2. The van der Waals surface area contributed by atoms with Gasteiger partial charge >= 0.3 is 0 Å². The first kappa shape index (κ1) is 33.5. The quantitative estimate of drug-likeness (QED) is 0.168. The molecule has 0 amide bonds. The molecule has 0 atom stereocenters. The van der Waals surface area contributed by atoms with E-state index >= 15 is 0 Å². The number of rotatable bonds is 4. The topological polar surface area (TPSA) is 30.7 Å². The molecule has 58 heavy (non-hydrogen) atoms. The number of hydrogen-bond donors (Lipinski definition) is 0. The van der Waals surface area contributed by atoms with Gasteiger partial charge in [-0.25, -0.2) is 9.97 Å². The summed E-state index contributed by atoms with van der Waals surface area (Å²) in [5.74, 6) is 7.90. The molecule has 2 heterocycles. The number of aryl methyl sites for hydroxylation is 1. The Balaban J connectivity index is 1.11. The van der Waals surface area contributed by atoms with Gasteiger partial charge in [-0.2, -0.15) is 0 Å². The summed E-state index contributed by atoms with van der Waals surface area (Å²) in [6.45, 7) is 2.17. The zero-order valence-corrected chi connectivity index (χ0v) is 31.8. The van der Waals surface area contributed by atoms with Crippen LogP contribution in [0.15, 0.2) is 194 Å². The van der Waals surface area contributed by atoms with Crippen LogP contribution in [0.4, 0.5) is 0 Å². The van der Waals surface area contributed by atoms with Gasteiger partial charge in [-0.05, 0) is 92.7 Å². The predicted molar refractivity (Wildman–Crippen MR) is 242 cm³/mol. The maximum Gasteiger partial charge on any atom is 0.235 e. The van der Waals surface area contributed by atoms with Gasteiger partial charge < -0.3 is 0 Å². The summed E-state index contributed by atoms with van der Waals surface area (Å²) in [5, 5.41) is 7.96. The lowest BCUT2D eigenvalue weighted by atomic mass is 9.92. The van der Waals surface area contributed by atoms with Crippen molar-refractivity contribution in [3.8, 4) is 51.3 Å². The molecular weight excluding hydrogens is 703 g/mol. The monoisotopic (exact) mass is 737 g/mol. The van der Waals surface area contributed by atoms with Gasteiger partial charge in [0, 0.05) is 32.8 Å². The van der Waals surface area contributed by atoms with Gasteiger partial charge in [0.2, 0.25) is 5.95 Å². The minimum atomic E-state index is 0.639. The summed E-state index contributed by atoms with van der Waals surface area (Å²) >= 11 is 0. The normalized spacial score (nSPS) is 11.4. The highest BCUT2D eigenvalue weighted by Crippen LogP contribution is 2.38. The first-order valence-corrected chi connectivity index (χ1v) is 19.7. The van der Waals surface area contributed by atoms with Crippen molar-refractivity contribution in [2.45, 2.75) is 6.92 Å². The molecule has 0 aliphatic carbocycles. The van der Waals surface area contributed by atoms with Crippen LogP contribution in [0, 0.1) is 18.8 Å². The summed E-state index contributed by atoms with van der Waals surface area (Å²) in [6, 6.07) is 68.6. The second kappa shape index (κ2) is 13.7. The van der Waals surface area contributed by atoms with Gasteiger partial charge in [0.1, 0.15) is 0 Å². The van der Waals surface area contributed by atoms with Gasteiger partial charge in [-0.3, -0.25) is 4.57 Å². The lowest BCUT2D eigenvalue weighted by molar-refractivity contribution is 1.01. The van der Waals surface area contributed by atoms with E-state index in [0.717, 1.165) is 82.4 Å². The number of nitrogens with zero attached hydrogens (tertiary/aromatic N) is 3. The third-order valence-electron chi connectivity index (χ3n) is 11.4. The van der Waals surface area contributed by atoms with Crippen molar-refractivity contribution >= 4 is 54.3 Å². The van der Waals surface area contributed by atoms with Gasteiger partial charge in [0.15, 0.2) is 0 Å². The Labute approximate surface area is 336 Å². The van der Waals surface area contributed by atoms with E-state index < -0.39 is 0 Å². The second-order valence-corrected chi connectivity index (χ2v) is 14.9. The summed E-state index contributed by atoms with van der Waals surface area (Å²) in [6.07, 6.45) is 0. The number of fused-ring (bicyclic) bond motifs is 7. The standard InChI is InChI=1S/C55H35N3/c1-36-14-5-7-20-43(36)45-32-29-39-17-6-8-21-44(39)46(45)31-27-37-26-28-40-30-33-52-53(49(40)34-37)48-23-10-12-25-51(48)58(52)55-56-50-24-11-9-22-47(50)54(57-55)42-19-13-18-41(35-42)38-15-3-2-4-16-38/h2-26,28-30,32-35H,1H3. The van der Waals surface area contributed by atoms with Crippen LogP contribution >= 0.6 is 0 Å². The Hall–Kier alpha value is -7.80. The van der Waals surface area contributed by atoms with Crippen LogP contribution in [0.2, 0.25) is 0 Å². The molecule has 0 radical (unpaired) electrons. The largest absolute Gasteiger partial charge is 0.278 e.